The number of carbonyl (C=O) groups is 5. The Labute approximate surface area is 330 Å². The highest BCUT2D eigenvalue weighted by molar-refractivity contribution is 6.02. The van der Waals surface area contributed by atoms with Gasteiger partial charge in [0.05, 0.1) is 30.2 Å². The zero-order chi connectivity index (χ0) is 41.8. The highest BCUT2D eigenvalue weighted by Gasteiger charge is 2.74. The average molecular weight is 794 g/mol. The van der Waals surface area contributed by atoms with Crippen LogP contribution in [0.2, 0.25) is 0 Å². The number of ether oxygens (including phenoxy) is 5. The van der Waals surface area contributed by atoms with Gasteiger partial charge in [-0.15, -0.1) is 0 Å². The van der Waals surface area contributed by atoms with E-state index in [0.29, 0.717) is 5.56 Å². The van der Waals surface area contributed by atoms with Crippen molar-refractivity contribution in [2.45, 2.75) is 121 Å². The first-order valence-corrected chi connectivity index (χ1v) is 19.0. The molecule has 1 amide bonds. The number of esters is 3. The molecule has 0 aromatic heterocycles. The van der Waals surface area contributed by atoms with Gasteiger partial charge in [-0.1, -0.05) is 62.4 Å². The molecule has 1 heterocycles. The summed E-state index contributed by atoms with van der Waals surface area (Å²) in [6, 6.07) is 14.6. The lowest BCUT2D eigenvalue weighted by molar-refractivity contribution is -0.339. The van der Waals surface area contributed by atoms with Crippen molar-refractivity contribution >= 4 is 29.8 Å². The number of aliphatic hydroxyl groups excluding tert-OH is 3. The van der Waals surface area contributed by atoms with Crippen molar-refractivity contribution in [3.8, 4) is 0 Å². The third kappa shape index (κ3) is 7.47. The number of hydrogen-bond acceptors (Lipinski definition) is 14. The summed E-state index contributed by atoms with van der Waals surface area (Å²) in [4.78, 5) is 68.3. The third-order valence-corrected chi connectivity index (χ3v) is 11.9. The van der Waals surface area contributed by atoms with Crippen molar-refractivity contribution in [3.63, 3.8) is 0 Å². The van der Waals surface area contributed by atoms with Crippen LogP contribution in [-0.4, -0.2) is 110 Å². The van der Waals surface area contributed by atoms with Gasteiger partial charge < -0.3 is 49.4 Å². The minimum absolute atomic E-state index is 0.0896. The molecule has 308 valence electrons. The highest BCUT2D eigenvalue weighted by atomic mass is 16.6. The minimum atomic E-state index is -2.35. The van der Waals surface area contributed by atoms with E-state index in [-0.39, 0.29) is 29.7 Å². The molecule has 6 rings (SSSR count). The Balaban J connectivity index is 1.46. The monoisotopic (exact) mass is 793 g/mol. The Hall–Kier alpha value is -4.67. The van der Waals surface area contributed by atoms with Crippen LogP contribution in [-0.2, 0) is 38.1 Å². The third-order valence-electron chi connectivity index (χ3n) is 11.9. The van der Waals surface area contributed by atoms with Crippen LogP contribution in [0.25, 0.3) is 0 Å². The van der Waals surface area contributed by atoms with E-state index in [4.69, 9.17) is 23.7 Å². The SMILES string of the molecule is CC(=O)OC12COC1CC(O)C1C(O)C(=O)C3=C(C)C(OC(=O)C(O)C(NC(=O)OC(C)(C)C)c4ccccc4)CC(O)(C(OC(=O)c4ccccc4)C12)C3(C)C. The van der Waals surface area contributed by atoms with E-state index >= 15 is 0 Å². The van der Waals surface area contributed by atoms with Gasteiger partial charge in [-0.05, 0) is 51.0 Å². The number of aliphatic hydroxyl groups is 4. The van der Waals surface area contributed by atoms with E-state index in [1.165, 1.54) is 32.9 Å². The molecule has 3 aliphatic carbocycles. The van der Waals surface area contributed by atoms with Crippen molar-refractivity contribution in [2.24, 2.45) is 17.3 Å². The van der Waals surface area contributed by atoms with E-state index in [1.807, 2.05) is 0 Å². The predicted molar refractivity (Wildman–Crippen MR) is 199 cm³/mol. The van der Waals surface area contributed by atoms with Gasteiger partial charge in [0.2, 0.25) is 0 Å². The fourth-order valence-corrected chi connectivity index (χ4v) is 9.18. The predicted octanol–water partition coefficient (Wildman–Crippen LogP) is 2.87. The molecule has 15 heteroatoms. The number of hydrogen-bond donors (Lipinski definition) is 5. The van der Waals surface area contributed by atoms with Crippen molar-refractivity contribution in [3.05, 3.63) is 82.9 Å². The maximum Gasteiger partial charge on any atom is 0.408 e. The Bertz CT molecular complexity index is 1920. The molecular weight excluding hydrogens is 742 g/mol. The number of fused-ring (bicyclic) bond motifs is 5. The molecule has 11 unspecified atom stereocenters. The quantitative estimate of drug-likeness (QED) is 0.192. The van der Waals surface area contributed by atoms with Gasteiger partial charge in [-0.25, -0.2) is 14.4 Å². The van der Waals surface area contributed by atoms with Crippen LogP contribution in [0.1, 0.15) is 83.3 Å². The number of rotatable bonds is 8. The number of Topliss-reactive ketones (excluding diaryl/α,β-unsaturated/α-hetero) is 1. The van der Waals surface area contributed by atoms with E-state index in [9.17, 15) is 44.4 Å². The summed E-state index contributed by atoms with van der Waals surface area (Å²) in [5.74, 6) is -6.66. The number of ketones is 1. The van der Waals surface area contributed by atoms with Crippen molar-refractivity contribution in [1.29, 1.82) is 0 Å². The molecule has 11 atom stereocenters. The van der Waals surface area contributed by atoms with Crippen molar-refractivity contribution in [2.75, 3.05) is 6.61 Å². The Morgan fingerprint density at radius 2 is 1.58 bits per heavy atom. The van der Waals surface area contributed by atoms with Gasteiger partial charge in [0, 0.05) is 36.7 Å². The summed E-state index contributed by atoms with van der Waals surface area (Å²) in [5.41, 5.74) is -6.19. The fraction of sp³-hybridized carbons (Fsp3) is 0.548. The zero-order valence-electron chi connectivity index (χ0n) is 33.0. The molecule has 57 heavy (non-hydrogen) atoms. The minimum Gasteiger partial charge on any atom is -0.456 e. The molecule has 0 radical (unpaired) electrons. The second kappa shape index (κ2) is 15.3. The molecule has 3 fully saturated rings. The maximum atomic E-state index is 14.6. The molecule has 4 aliphatic rings. The second-order valence-corrected chi connectivity index (χ2v) is 17.0. The summed E-state index contributed by atoms with van der Waals surface area (Å²) in [7, 11) is 0. The first kappa shape index (κ1) is 41.9. The zero-order valence-corrected chi connectivity index (χ0v) is 33.0. The number of benzene rings is 2. The highest BCUT2D eigenvalue weighted by Crippen LogP contribution is 2.60. The Morgan fingerprint density at radius 3 is 2.14 bits per heavy atom. The normalized spacial score (nSPS) is 32.8. The summed E-state index contributed by atoms with van der Waals surface area (Å²) in [6.07, 6.45) is -11.2. The molecule has 0 spiro atoms. The largest absolute Gasteiger partial charge is 0.456 e. The first-order chi connectivity index (χ1) is 26.6. The van der Waals surface area contributed by atoms with Gasteiger partial charge in [0.25, 0.3) is 0 Å². The number of amides is 1. The molecule has 1 saturated heterocycles. The number of carbonyl (C=O) groups excluding carboxylic acids is 5. The lowest BCUT2D eigenvalue weighted by atomic mass is 9.48. The van der Waals surface area contributed by atoms with Gasteiger partial charge in [0.1, 0.15) is 35.6 Å². The maximum absolute atomic E-state index is 14.6. The van der Waals surface area contributed by atoms with Gasteiger partial charge >= 0.3 is 24.0 Å². The van der Waals surface area contributed by atoms with Gasteiger partial charge in [-0.2, -0.15) is 0 Å². The Morgan fingerprint density at radius 1 is 0.965 bits per heavy atom. The lowest BCUT2D eigenvalue weighted by Crippen LogP contribution is -2.79. The van der Waals surface area contributed by atoms with Crippen LogP contribution in [0.4, 0.5) is 4.79 Å². The van der Waals surface area contributed by atoms with E-state index in [2.05, 4.69) is 5.32 Å². The topological polar surface area (TPSA) is 224 Å². The molecule has 2 bridgehead atoms. The molecule has 2 aromatic rings. The second-order valence-electron chi connectivity index (χ2n) is 17.0. The van der Waals surface area contributed by atoms with Crippen LogP contribution in [0.15, 0.2) is 71.8 Å². The van der Waals surface area contributed by atoms with E-state index in [0.717, 1.165) is 6.92 Å². The van der Waals surface area contributed by atoms with Crippen LogP contribution in [0.5, 0.6) is 0 Å². The summed E-state index contributed by atoms with van der Waals surface area (Å²) < 4.78 is 29.3. The van der Waals surface area contributed by atoms with Crippen LogP contribution < -0.4 is 5.32 Å². The molecule has 15 nitrogen and oxygen atoms in total. The fourth-order valence-electron chi connectivity index (χ4n) is 9.18. The standard InChI is InChI=1S/C42H51NO14/c1-21-26(54-37(50)34(48)31(23-14-10-8-11-15-23)43-38(51)57-39(3,4)5)19-42(52)35(55-36(49)24-16-12-9-13-17-24)30-28(32(46)33(47)29(21)40(42,6)7)25(45)18-27-41(30,20-53-27)56-22(2)44/h8-17,25-28,30-32,34-35,45-46,48,52H,18-20H2,1-7H3,(H,43,51). The first-order valence-electron chi connectivity index (χ1n) is 19.0. The van der Waals surface area contributed by atoms with Crippen LogP contribution >= 0.6 is 0 Å². The van der Waals surface area contributed by atoms with Crippen molar-refractivity contribution < 1.29 is 68.1 Å². The molecule has 1 aliphatic heterocycles. The smallest absolute Gasteiger partial charge is 0.408 e. The lowest BCUT2D eigenvalue weighted by Gasteiger charge is -2.65. The molecule has 2 saturated carbocycles. The van der Waals surface area contributed by atoms with Crippen molar-refractivity contribution in [1.82, 2.24) is 5.32 Å². The summed E-state index contributed by atoms with van der Waals surface area (Å²) in [5, 5.41) is 51.0. The van der Waals surface area contributed by atoms with E-state index in [1.54, 1.807) is 69.3 Å². The van der Waals surface area contributed by atoms with Crippen LogP contribution in [0.3, 0.4) is 0 Å². The van der Waals surface area contributed by atoms with E-state index < -0.39 is 113 Å². The van der Waals surface area contributed by atoms with Crippen LogP contribution in [0, 0.1) is 17.3 Å². The molecular formula is C42H51NO14. The molecule has 2 aromatic carbocycles. The molecule has 5 N–H and O–H groups in total. The summed E-state index contributed by atoms with van der Waals surface area (Å²) in [6.45, 7) is 10.4. The van der Waals surface area contributed by atoms with Gasteiger partial charge in [0.15, 0.2) is 17.5 Å². The number of alkyl carbamates (subject to hydrolysis) is 1. The van der Waals surface area contributed by atoms with Gasteiger partial charge in [-0.3, -0.25) is 9.59 Å². The average Bonchev–Trinajstić information content (AvgIpc) is 3.13. The summed E-state index contributed by atoms with van der Waals surface area (Å²) >= 11 is 0. The number of nitrogens with one attached hydrogen (secondary N) is 1. The Kier molecular flexibility index (Phi) is 11.2.